The molecule has 4 unspecified atom stereocenters. The van der Waals surface area contributed by atoms with Gasteiger partial charge in [0, 0.05) is 22.6 Å². The summed E-state index contributed by atoms with van der Waals surface area (Å²) < 4.78 is 12.6. The molecule has 0 bridgehead atoms. The minimum atomic E-state index is -0.626. The van der Waals surface area contributed by atoms with Gasteiger partial charge in [-0.25, -0.2) is 0 Å². The van der Waals surface area contributed by atoms with Crippen LogP contribution < -0.4 is 5.32 Å². The van der Waals surface area contributed by atoms with E-state index < -0.39 is 10.8 Å². The van der Waals surface area contributed by atoms with Gasteiger partial charge in [0.25, 0.3) is 0 Å². The Labute approximate surface area is 122 Å². The highest BCUT2D eigenvalue weighted by atomic mass is 32.2. The Bertz CT molecular complexity index is 257. The van der Waals surface area contributed by atoms with Gasteiger partial charge >= 0.3 is 0 Å². The van der Waals surface area contributed by atoms with Crippen LogP contribution in [0.25, 0.3) is 0 Å². The highest BCUT2D eigenvalue weighted by Gasteiger charge is 2.33. The van der Waals surface area contributed by atoms with E-state index in [0.717, 1.165) is 24.6 Å². The smallest absolute Gasteiger partial charge is 0.0503 e. The van der Waals surface area contributed by atoms with Crippen molar-refractivity contribution in [3.8, 4) is 0 Å². The van der Waals surface area contributed by atoms with E-state index in [1.807, 2.05) is 0 Å². The predicted molar refractivity (Wildman–Crippen MR) is 86.0 cm³/mol. The average Bonchev–Trinajstić information content (AvgIpc) is 2.41. The van der Waals surface area contributed by atoms with Crippen LogP contribution in [0, 0.1) is 5.92 Å². The van der Waals surface area contributed by atoms with Crippen molar-refractivity contribution in [2.75, 3.05) is 12.3 Å². The van der Waals surface area contributed by atoms with Crippen molar-refractivity contribution in [1.29, 1.82) is 0 Å². The van der Waals surface area contributed by atoms with Crippen molar-refractivity contribution >= 4 is 10.8 Å². The van der Waals surface area contributed by atoms with Gasteiger partial charge in [-0.15, -0.1) is 0 Å². The summed E-state index contributed by atoms with van der Waals surface area (Å²) in [6, 6.07) is 0.501. The number of nitrogens with one attached hydrogen (secondary N) is 1. The van der Waals surface area contributed by atoms with Crippen LogP contribution >= 0.6 is 0 Å². The molecular weight excluding hydrogens is 254 g/mol. The molecule has 1 fully saturated rings. The Morgan fingerprint density at radius 3 is 2.53 bits per heavy atom. The maximum atomic E-state index is 12.6. The third-order valence-electron chi connectivity index (χ3n) is 4.35. The topological polar surface area (TPSA) is 29.1 Å². The molecule has 1 N–H and O–H groups in total. The molecule has 0 aliphatic heterocycles. The Morgan fingerprint density at radius 2 is 1.89 bits per heavy atom. The summed E-state index contributed by atoms with van der Waals surface area (Å²) in [7, 11) is -0.626. The summed E-state index contributed by atoms with van der Waals surface area (Å²) in [4.78, 5) is 0. The molecule has 0 amide bonds. The van der Waals surface area contributed by atoms with Gasteiger partial charge in [0.2, 0.25) is 0 Å². The van der Waals surface area contributed by atoms with Gasteiger partial charge in [-0.1, -0.05) is 46.5 Å². The molecule has 0 heterocycles. The normalized spacial score (nSPS) is 29.3. The van der Waals surface area contributed by atoms with Gasteiger partial charge in [0.05, 0.1) is 5.25 Å². The lowest BCUT2D eigenvalue weighted by atomic mass is 9.83. The van der Waals surface area contributed by atoms with Gasteiger partial charge in [-0.3, -0.25) is 4.21 Å². The molecule has 4 atom stereocenters. The van der Waals surface area contributed by atoms with E-state index in [1.54, 1.807) is 0 Å². The first-order chi connectivity index (χ1) is 9.22. The van der Waals surface area contributed by atoms with Crippen molar-refractivity contribution in [2.24, 2.45) is 5.92 Å². The highest BCUT2D eigenvalue weighted by molar-refractivity contribution is 7.85. The van der Waals surface area contributed by atoms with E-state index in [0.29, 0.717) is 11.3 Å². The van der Waals surface area contributed by atoms with E-state index in [9.17, 15) is 4.21 Å². The minimum Gasteiger partial charge on any atom is -0.313 e. The lowest BCUT2D eigenvalue weighted by Crippen LogP contribution is -2.46. The van der Waals surface area contributed by atoms with E-state index in [1.165, 1.54) is 44.9 Å². The lowest BCUT2D eigenvalue weighted by molar-refractivity contribution is 0.286. The zero-order chi connectivity index (χ0) is 14.1. The Morgan fingerprint density at radius 1 is 1.11 bits per heavy atom. The van der Waals surface area contributed by atoms with E-state index >= 15 is 0 Å². The summed E-state index contributed by atoms with van der Waals surface area (Å²) in [6.07, 6.45) is 9.91. The van der Waals surface area contributed by atoms with Crippen LogP contribution in [0.1, 0.15) is 72.1 Å². The summed E-state index contributed by atoms with van der Waals surface area (Å²) >= 11 is 0. The molecule has 1 aliphatic rings. The van der Waals surface area contributed by atoms with Crippen LogP contribution in [0.2, 0.25) is 0 Å². The molecule has 1 saturated carbocycles. The second kappa shape index (κ2) is 9.93. The van der Waals surface area contributed by atoms with E-state index in [2.05, 4.69) is 26.1 Å². The zero-order valence-electron chi connectivity index (χ0n) is 13.1. The maximum absolute atomic E-state index is 12.6. The molecule has 2 nitrogen and oxygen atoms in total. The van der Waals surface area contributed by atoms with Crippen LogP contribution in [0.15, 0.2) is 0 Å². The first-order valence-electron chi connectivity index (χ1n) is 8.33. The molecule has 1 rings (SSSR count). The van der Waals surface area contributed by atoms with Crippen LogP contribution in [0.3, 0.4) is 0 Å². The summed E-state index contributed by atoms with van der Waals surface area (Å²) in [5.74, 6) is 1.74. The number of hydrogen-bond acceptors (Lipinski definition) is 2. The molecule has 114 valence electrons. The number of rotatable bonds is 9. The highest BCUT2D eigenvalue weighted by Crippen LogP contribution is 2.31. The summed E-state index contributed by atoms with van der Waals surface area (Å²) in [5, 5.41) is 3.98. The number of hydrogen-bond donors (Lipinski definition) is 1. The van der Waals surface area contributed by atoms with Crippen molar-refractivity contribution < 1.29 is 4.21 Å². The SMILES string of the molecule is CCCCCS(=O)C1CC(CCC)CCC1NCC. The monoisotopic (exact) mass is 287 g/mol. The van der Waals surface area contributed by atoms with Crippen LogP contribution in [0.5, 0.6) is 0 Å². The van der Waals surface area contributed by atoms with Crippen LogP contribution in [0.4, 0.5) is 0 Å². The fraction of sp³-hybridized carbons (Fsp3) is 1.00. The zero-order valence-corrected chi connectivity index (χ0v) is 13.9. The Kier molecular flexibility index (Phi) is 8.97. The average molecular weight is 288 g/mol. The largest absolute Gasteiger partial charge is 0.313 e. The molecular formula is C16H33NOS. The summed E-state index contributed by atoms with van der Waals surface area (Å²) in [6.45, 7) is 7.65. The van der Waals surface area contributed by atoms with Crippen molar-refractivity contribution in [1.82, 2.24) is 5.32 Å². The van der Waals surface area contributed by atoms with Crippen molar-refractivity contribution in [3.63, 3.8) is 0 Å². The van der Waals surface area contributed by atoms with Crippen LogP contribution in [-0.4, -0.2) is 27.8 Å². The Balaban J connectivity index is 2.52. The standard InChI is InChI=1S/C16H33NOS/c1-4-7-8-12-19(18)16-13-14(9-5-2)10-11-15(16)17-6-3/h14-17H,4-13H2,1-3H3. The fourth-order valence-corrected chi connectivity index (χ4v) is 5.19. The molecule has 1 aliphatic carbocycles. The predicted octanol–water partition coefficient (Wildman–Crippen LogP) is 3.87. The lowest BCUT2D eigenvalue weighted by Gasteiger charge is -2.36. The third kappa shape index (κ3) is 5.95. The van der Waals surface area contributed by atoms with Crippen molar-refractivity contribution in [2.45, 2.75) is 83.4 Å². The quantitative estimate of drug-likeness (QED) is 0.652. The summed E-state index contributed by atoms with van der Waals surface area (Å²) in [5.41, 5.74) is 0. The van der Waals surface area contributed by atoms with E-state index in [-0.39, 0.29) is 0 Å². The number of unbranched alkanes of at least 4 members (excludes halogenated alkanes) is 2. The molecule has 0 saturated heterocycles. The molecule has 0 spiro atoms. The first-order valence-corrected chi connectivity index (χ1v) is 9.71. The van der Waals surface area contributed by atoms with Gasteiger partial charge in [0.15, 0.2) is 0 Å². The maximum Gasteiger partial charge on any atom is 0.0503 e. The first kappa shape index (κ1) is 17.2. The second-order valence-corrected chi connectivity index (χ2v) is 7.74. The second-order valence-electron chi connectivity index (χ2n) is 5.96. The molecule has 19 heavy (non-hydrogen) atoms. The minimum absolute atomic E-state index is 0.405. The third-order valence-corrected chi connectivity index (χ3v) is 6.24. The molecule has 0 aromatic heterocycles. The van der Waals surface area contributed by atoms with Gasteiger partial charge < -0.3 is 5.32 Å². The molecule has 0 aromatic rings. The van der Waals surface area contributed by atoms with Crippen LogP contribution in [-0.2, 0) is 10.8 Å². The Hall–Kier alpha value is 0.110. The molecule has 3 heteroatoms. The molecule has 0 radical (unpaired) electrons. The van der Waals surface area contributed by atoms with Crippen molar-refractivity contribution in [3.05, 3.63) is 0 Å². The van der Waals surface area contributed by atoms with E-state index in [4.69, 9.17) is 0 Å². The van der Waals surface area contributed by atoms with Gasteiger partial charge in [0.1, 0.15) is 0 Å². The van der Waals surface area contributed by atoms with Gasteiger partial charge in [-0.05, 0) is 38.1 Å². The van der Waals surface area contributed by atoms with Gasteiger partial charge in [-0.2, -0.15) is 0 Å². The molecule has 0 aromatic carbocycles. The fourth-order valence-electron chi connectivity index (χ4n) is 3.31.